The average Bonchev–Trinajstić information content (AvgIpc) is 3.23. The number of nitrogens with zero attached hydrogens (tertiary/aromatic N) is 3. The van der Waals surface area contributed by atoms with E-state index in [0.29, 0.717) is 25.2 Å². The molecule has 3 aliphatic heterocycles. The summed E-state index contributed by atoms with van der Waals surface area (Å²) < 4.78 is 21.7. The number of halogens is 1. The number of fused-ring (bicyclic) bond motifs is 5. The Balaban J connectivity index is 1.54. The molecule has 190 valence electrons. The number of nitrogens with one attached hydrogen (secondary N) is 1. The smallest absolute Gasteiger partial charge is 0.299 e. The minimum Gasteiger partial charge on any atom is -0.503 e. The van der Waals surface area contributed by atoms with Gasteiger partial charge in [0.05, 0.1) is 0 Å². The van der Waals surface area contributed by atoms with E-state index in [1.165, 1.54) is 16.8 Å². The summed E-state index contributed by atoms with van der Waals surface area (Å²) >= 11 is 0. The fourth-order valence-electron chi connectivity index (χ4n) is 4.99. The van der Waals surface area contributed by atoms with E-state index in [9.17, 15) is 23.9 Å². The Morgan fingerprint density at radius 1 is 1.36 bits per heavy atom. The second-order valence-corrected chi connectivity index (χ2v) is 9.46. The molecule has 0 unspecified atom stereocenters. The van der Waals surface area contributed by atoms with Crippen molar-refractivity contribution >= 4 is 17.7 Å². The molecule has 11 heteroatoms. The van der Waals surface area contributed by atoms with E-state index in [1.54, 1.807) is 24.0 Å². The summed E-state index contributed by atoms with van der Waals surface area (Å²) in [5.74, 6) is -3.50. The minimum atomic E-state index is -1.26. The van der Waals surface area contributed by atoms with Crippen LogP contribution in [0, 0.1) is 12.7 Å². The largest absolute Gasteiger partial charge is 0.503 e. The first-order valence-electron chi connectivity index (χ1n) is 11.9. The summed E-state index contributed by atoms with van der Waals surface area (Å²) in [6.45, 7) is 5.51. The molecule has 0 radical (unpaired) electrons. The van der Waals surface area contributed by atoms with E-state index >= 15 is 0 Å². The van der Waals surface area contributed by atoms with Gasteiger partial charge in [-0.05, 0) is 37.1 Å². The maximum atomic E-state index is 14.2. The van der Waals surface area contributed by atoms with Crippen molar-refractivity contribution in [1.29, 1.82) is 0 Å². The summed E-state index contributed by atoms with van der Waals surface area (Å²) in [6.07, 6.45) is 2.69. The van der Waals surface area contributed by atoms with Crippen molar-refractivity contribution in [2.75, 3.05) is 6.54 Å². The van der Waals surface area contributed by atoms with E-state index in [4.69, 9.17) is 9.57 Å². The van der Waals surface area contributed by atoms with Crippen LogP contribution in [0.4, 0.5) is 4.39 Å². The molecular weight excluding hydrogens is 471 g/mol. The molecule has 0 saturated carbocycles. The lowest BCUT2D eigenvalue weighted by atomic mass is 9.99. The molecule has 1 aromatic heterocycles. The molecule has 1 aromatic carbocycles. The lowest BCUT2D eigenvalue weighted by molar-refractivity contribution is -0.195. The molecule has 2 aromatic rings. The number of benzene rings is 1. The molecule has 2 bridgehead atoms. The van der Waals surface area contributed by atoms with E-state index in [0.717, 1.165) is 5.56 Å². The molecule has 3 aliphatic rings. The third kappa shape index (κ3) is 3.69. The highest BCUT2D eigenvalue weighted by molar-refractivity contribution is 5.99. The Morgan fingerprint density at radius 3 is 2.83 bits per heavy atom. The van der Waals surface area contributed by atoms with Crippen LogP contribution in [0.25, 0.3) is 0 Å². The summed E-state index contributed by atoms with van der Waals surface area (Å²) in [5.41, 5.74) is -0.625. The predicted octanol–water partition coefficient (Wildman–Crippen LogP) is 2.58. The first kappa shape index (κ1) is 23.8. The van der Waals surface area contributed by atoms with Gasteiger partial charge in [0.25, 0.3) is 17.6 Å². The monoisotopic (exact) mass is 498 g/mol. The van der Waals surface area contributed by atoms with Crippen LogP contribution < -0.4 is 10.7 Å². The van der Waals surface area contributed by atoms with Crippen LogP contribution in [0.3, 0.4) is 0 Å². The number of amides is 2. The molecule has 1 saturated heterocycles. The van der Waals surface area contributed by atoms with Crippen molar-refractivity contribution in [3.8, 4) is 5.75 Å². The number of pyridine rings is 1. The van der Waals surface area contributed by atoms with Crippen LogP contribution in [0.15, 0.2) is 34.3 Å². The maximum absolute atomic E-state index is 14.2. The van der Waals surface area contributed by atoms with Gasteiger partial charge in [-0.1, -0.05) is 19.1 Å². The van der Waals surface area contributed by atoms with Crippen LogP contribution in [-0.2, 0) is 16.1 Å². The zero-order valence-corrected chi connectivity index (χ0v) is 20.2. The molecule has 1 fully saturated rings. The number of carbonyl (C=O) groups excluding carboxylic acids is 2. The third-order valence-electron chi connectivity index (χ3n) is 7.12. The van der Waals surface area contributed by atoms with Crippen molar-refractivity contribution in [3.63, 3.8) is 0 Å². The van der Waals surface area contributed by atoms with Crippen molar-refractivity contribution < 1.29 is 28.7 Å². The van der Waals surface area contributed by atoms with Crippen LogP contribution in [-0.4, -0.2) is 50.7 Å². The maximum Gasteiger partial charge on any atom is 0.299 e. The molecular formula is C25H27FN4O6. The van der Waals surface area contributed by atoms with Gasteiger partial charge >= 0.3 is 0 Å². The molecule has 3 atom stereocenters. The number of aryl methyl sites for hydroxylation is 1. The SMILES string of the molecule is CCC1=NO[C@@]2(CC[C@H](C)N3C[C@H]2n2cc(C(=O)NCc4ccc(C)cc4F)c(=O)c(O)c2C3=O)O1. The molecule has 10 nitrogen and oxygen atoms in total. The fraction of sp³-hybridized carbons (Fsp3) is 0.440. The quantitative estimate of drug-likeness (QED) is 0.668. The number of oxime groups is 1. The van der Waals surface area contributed by atoms with Gasteiger partial charge < -0.3 is 29.5 Å². The van der Waals surface area contributed by atoms with Crippen LogP contribution in [0.1, 0.15) is 71.1 Å². The zero-order chi connectivity index (χ0) is 25.8. The lowest BCUT2D eigenvalue weighted by Gasteiger charge is -2.40. The Kier molecular flexibility index (Phi) is 5.73. The number of rotatable bonds is 4. The van der Waals surface area contributed by atoms with Gasteiger partial charge in [-0.3, -0.25) is 14.4 Å². The third-order valence-corrected chi connectivity index (χ3v) is 7.12. The summed E-state index contributed by atoms with van der Waals surface area (Å²) in [5, 5.41) is 17.4. The first-order valence-corrected chi connectivity index (χ1v) is 11.9. The van der Waals surface area contributed by atoms with Crippen molar-refractivity contribution in [1.82, 2.24) is 14.8 Å². The van der Waals surface area contributed by atoms with Gasteiger partial charge in [0.1, 0.15) is 17.4 Å². The number of aromatic nitrogens is 1. The first-order chi connectivity index (χ1) is 17.1. The van der Waals surface area contributed by atoms with Crippen LogP contribution >= 0.6 is 0 Å². The summed E-state index contributed by atoms with van der Waals surface area (Å²) in [7, 11) is 0. The minimum absolute atomic E-state index is 0.162. The van der Waals surface area contributed by atoms with Gasteiger partial charge in [0.15, 0.2) is 11.4 Å². The topological polar surface area (TPSA) is 122 Å². The number of aromatic hydroxyl groups is 1. The number of hydrogen-bond acceptors (Lipinski definition) is 7. The molecule has 5 rings (SSSR count). The number of hydrogen-bond donors (Lipinski definition) is 2. The molecule has 2 amide bonds. The molecule has 0 aliphatic carbocycles. The molecule has 2 N–H and O–H groups in total. The zero-order valence-electron chi connectivity index (χ0n) is 20.2. The Labute approximate surface area is 206 Å². The Bertz CT molecular complexity index is 1350. The Morgan fingerprint density at radius 2 is 2.14 bits per heavy atom. The van der Waals surface area contributed by atoms with E-state index in [-0.39, 0.29) is 36.0 Å². The lowest BCUT2D eigenvalue weighted by Crippen LogP contribution is -2.53. The van der Waals surface area contributed by atoms with Crippen molar-refractivity contribution in [2.45, 2.75) is 64.4 Å². The fourth-order valence-corrected chi connectivity index (χ4v) is 4.99. The summed E-state index contributed by atoms with van der Waals surface area (Å²) in [4.78, 5) is 46.7. The van der Waals surface area contributed by atoms with Gasteiger partial charge in [0.2, 0.25) is 11.3 Å². The van der Waals surface area contributed by atoms with E-state index < -0.39 is 40.6 Å². The van der Waals surface area contributed by atoms with Gasteiger partial charge in [-0.25, -0.2) is 4.39 Å². The second-order valence-electron chi connectivity index (χ2n) is 9.46. The van der Waals surface area contributed by atoms with Gasteiger partial charge in [-0.15, -0.1) is 0 Å². The van der Waals surface area contributed by atoms with Crippen LogP contribution in [0.2, 0.25) is 0 Å². The molecule has 1 spiro atoms. The molecule has 4 heterocycles. The highest BCUT2D eigenvalue weighted by Gasteiger charge is 2.56. The standard InChI is InChI=1S/C25H27FN4O6/c1-4-19-28-36-25(35-19)8-7-14(3)29-12-18(25)30-11-16(21(31)22(32)20(30)24(29)34)23(33)27-10-15-6-5-13(2)9-17(15)26/h5-6,9,11,14,18,32H,4,7-8,10,12H2,1-3H3,(H,27,33)/t14-,18+,25+/m0/s1. The Hall–Kier alpha value is -3.89. The van der Waals surface area contributed by atoms with Gasteiger partial charge in [-0.2, -0.15) is 0 Å². The second kappa shape index (κ2) is 8.65. The number of ether oxygens (including phenoxy) is 1. The summed E-state index contributed by atoms with van der Waals surface area (Å²) in [6, 6.07) is 3.72. The van der Waals surface area contributed by atoms with Crippen molar-refractivity contribution in [2.24, 2.45) is 5.16 Å². The van der Waals surface area contributed by atoms with E-state index in [2.05, 4.69) is 10.5 Å². The highest BCUT2D eigenvalue weighted by atomic mass is 19.1. The normalized spacial score (nSPS) is 24.5. The molecule has 36 heavy (non-hydrogen) atoms. The van der Waals surface area contributed by atoms with Crippen molar-refractivity contribution in [3.05, 3.63) is 62.8 Å². The van der Waals surface area contributed by atoms with Crippen LogP contribution in [0.5, 0.6) is 5.75 Å². The highest BCUT2D eigenvalue weighted by Crippen LogP contribution is 2.45. The number of carbonyl (C=O) groups is 2. The van der Waals surface area contributed by atoms with Gasteiger partial charge in [0, 0.05) is 43.7 Å². The average molecular weight is 499 g/mol. The van der Waals surface area contributed by atoms with E-state index in [1.807, 2.05) is 13.8 Å². The predicted molar refractivity (Wildman–Crippen MR) is 126 cm³/mol.